The fourth-order valence-electron chi connectivity index (χ4n) is 6.37. The fraction of sp³-hybridized carbons (Fsp3) is 0.462. The highest BCUT2D eigenvalue weighted by molar-refractivity contribution is 6.72. The van der Waals surface area contributed by atoms with E-state index in [-0.39, 0.29) is 30.9 Å². The van der Waals surface area contributed by atoms with Crippen LogP contribution in [0, 0.1) is 5.92 Å². The molecule has 5 rings (SSSR count). The van der Waals surface area contributed by atoms with Crippen LogP contribution in [0.1, 0.15) is 30.0 Å². The Morgan fingerprint density at radius 3 is 2.69 bits per heavy atom. The minimum Gasteiger partial charge on any atom is -0.394 e. The first kappa shape index (κ1) is 24.4. The zero-order valence-electron chi connectivity index (χ0n) is 20.1. The largest absolute Gasteiger partial charge is 0.394 e. The molecule has 9 heteroatoms. The lowest BCUT2D eigenvalue weighted by Gasteiger charge is -2.37. The highest BCUT2D eigenvalue weighted by Gasteiger charge is 2.65. The van der Waals surface area contributed by atoms with Crippen molar-refractivity contribution in [1.82, 2.24) is 4.90 Å². The van der Waals surface area contributed by atoms with Gasteiger partial charge in [-0.2, -0.15) is 0 Å². The van der Waals surface area contributed by atoms with Crippen LogP contribution >= 0.6 is 11.6 Å². The van der Waals surface area contributed by atoms with E-state index in [0.29, 0.717) is 29.2 Å². The van der Waals surface area contributed by atoms with Crippen molar-refractivity contribution in [2.24, 2.45) is 5.92 Å². The number of carbonyl (C=O) groups excluding carboxylic acids is 2. The third kappa shape index (κ3) is 3.91. The lowest BCUT2D eigenvalue weighted by molar-refractivity contribution is -0.149. The van der Waals surface area contributed by atoms with E-state index >= 15 is 4.11 Å². The summed E-state index contributed by atoms with van der Waals surface area (Å²) >= 11 is 6.26. The number of benzene rings is 2. The lowest BCUT2D eigenvalue weighted by Crippen LogP contribution is -2.48. The van der Waals surface area contributed by atoms with E-state index in [9.17, 15) is 14.7 Å². The summed E-state index contributed by atoms with van der Waals surface area (Å²) in [7, 11) is -3.37. The Bertz CT molecular complexity index is 1190. The summed E-state index contributed by atoms with van der Waals surface area (Å²) in [6.07, 6.45) is -0.263. The number of nitrogens with one attached hydrogen (secondary N) is 1. The smallest absolute Gasteiger partial charge is 0.261 e. The lowest BCUT2D eigenvalue weighted by atomic mass is 9.82. The first-order valence-electron chi connectivity index (χ1n) is 12.0. The van der Waals surface area contributed by atoms with Gasteiger partial charge < -0.3 is 24.2 Å². The third-order valence-electron chi connectivity index (χ3n) is 7.94. The van der Waals surface area contributed by atoms with Crippen molar-refractivity contribution in [3.63, 3.8) is 0 Å². The minimum absolute atomic E-state index is 0.0566. The van der Waals surface area contributed by atoms with Gasteiger partial charge in [-0.05, 0) is 48.8 Å². The van der Waals surface area contributed by atoms with Gasteiger partial charge in [0.05, 0.1) is 25.2 Å². The van der Waals surface area contributed by atoms with Gasteiger partial charge in [0, 0.05) is 34.3 Å². The van der Waals surface area contributed by atoms with Gasteiger partial charge in [-0.15, -0.1) is 0 Å². The molecule has 3 aliphatic rings. The van der Waals surface area contributed by atoms with Gasteiger partial charge in [0.2, 0.25) is 14.3 Å². The summed E-state index contributed by atoms with van der Waals surface area (Å²) in [5.41, 5.74) is 1.39. The van der Waals surface area contributed by atoms with Crippen molar-refractivity contribution in [2.75, 3.05) is 11.9 Å². The maximum Gasteiger partial charge on any atom is 0.261 e. The normalized spacial score (nSPS) is 29.8. The average Bonchev–Trinajstić information content (AvgIpc) is 3.26. The molecular formula is C26H30ClFN2O4Si. The van der Waals surface area contributed by atoms with Crippen LogP contribution in [-0.2, 0) is 32.9 Å². The molecule has 0 aliphatic carbocycles. The molecule has 5 atom stereocenters. The number of anilines is 1. The second-order valence-corrected chi connectivity index (χ2v) is 14.7. The highest BCUT2D eigenvalue weighted by Crippen LogP contribution is 2.59. The van der Waals surface area contributed by atoms with Crippen LogP contribution in [-0.4, -0.2) is 49.0 Å². The van der Waals surface area contributed by atoms with Crippen LogP contribution in [0.3, 0.4) is 0 Å². The number of aliphatic hydroxyl groups is 1. The second-order valence-electron chi connectivity index (χ2n) is 10.4. The van der Waals surface area contributed by atoms with Gasteiger partial charge in [0.1, 0.15) is 0 Å². The van der Waals surface area contributed by atoms with Gasteiger partial charge in [-0.25, -0.2) is 0 Å². The Morgan fingerprint density at radius 1 is 1.29 bits per heavy atom. The van der Waals surface area contributed by atoms with E-state index < -0.39 is 31.6 Å². The molecule has 0 aromatic heterocycles. The molecule has 0 radical (unpaired) electrons. The maximum absolute atomic E-state index is 15.8. The average molecular weight is 517 g/mol. The SMILES string of the molecule is C[C@H]1[C@H]([Si](C)(C)F)[C@@H](CC(=O)N2Cc3ccccc3C[C@H]2CO)O[C@]12C(=O)Nc1ccc(Cl)cc12. The molecule has 35 heavy (non-hydrogen) atoms. The number of hydrogen-bond donors (Lipinski definition) is 2. The number of ether oxygens (including phenoxy) is 1. The Balaban J connectivity index is 1.47. The topological polar surface area (TPSA) is 78.9 Å². The van der Waals surface area contributed by atoms with Crippen molar-refractivity contribution < 1.29 is 23.5 Å². The van der Waals surface area contributed by atoms with E-state index in [1.165, 1.54) is 0 Å². The molecule has 0 unspecified atom stereocenters. The van der Waals surface area contributed by atoms with Crippen LogP contribution in [0.5, 0.6) is 0 Å². The quantitative estimate of drug-likeness (QED) is 0.466. The second kappa shape index (κ2) is 8.69. The van der Waals surface area contributed by atoms with Gasteiger partial charge in [-0.3, -0.25) is 9.59 Å². The maximum atomic E-state index is 15.8. The predicted octanol–water partition coefficient (Wildman–Crippen LogP) is 4.40. The molecule has 3 heterocycles. The number of nitrogens with zero attached hydrogens (tertiary/aromatic N) is 1. The standard InChI is InChI=1S/C26H30ClFN2O4Si/c1-15-24(35(2,3)28)22(34-26(15)20-11-18(27)8-9-21(20)29-25(26)33)12-23(32)30-13-17-7-5-4-6-16(17)10-19(30)14-31/h4-9,11,15,19,22,24,31H,10,12-14H2,1-3H3,(H,29,33)/t15-,19-,22+,24-,26+/m0/s1. The molecule has 2 amide bonds. The van der Waals surface area contributed by atoms with Crippen molar-refractivity contribution >= 4 is 37.5 Å². The molecule has 1 spiro atoms. The van der Waals surface area contributed by atoms with Gasteiger partial charge in [0.15, 0.2) is 5.60 Å². The first-order valence-corrected chi connectivity index (χ1v) is 15.3. The first-order chi connectivity index (χ1) is 16.6. The molecular weight excluding hydrogens is 487 g/mol. The number of halogens is 2. The number of amides is 2. The van der Waals surface area contributed by atoms with E-state index in [2.05, 4.69) is 5.32 Å². The molecule has 3 aliphatic heterocycles. The number of carbonyl (C=O) groups is 2. The zero-order valence-corrected chi connectivity index (χ0v) is 21.8. The Labute approximate surface area is 210 Å². The van der Waals surface area contributed by atoms with Gasteiger partial charge >= 0.3 is 0 Å². The molecule has 186 valence electrons. The molecule has 2 N–H and O–H groups in total. The van der Waals surface area contributed by atoms with Gasteiger partial charge in [0.25, 0.3) is 5.91 Å². The summed E-state index contributed by atoms with van der Waals surface area (Å²) in [4.78, 5) is 28.6. The van der Waals surface area contributed by atoms with Crippen molar-refractivity contribution in [2.45, 2.75) is 62.7 Å². The summed E-state index contributed by atoms with van der Waals surface area (Å²) < 4.78 is 22.3. The minimum atomic E-state index is -3.37. The summed E-state index contributed by atoms with van der Waals surface area (Å²) in [6.45, 7) is 5.27. The monoisotopic (exact) mass is 516 g/mol. The molecule has 6 nitrogen and oxygen atoms in total. The Kier molecular flexibility index (Phi) is 6.07. The van der Waals surface area contributed by atoms with Crippen LogP contribution in [0.4, 0.5) is 9.80 Å². The van der Waals surface area contributed by atoms with Crippen LogP contribution in [0.25, 0.3) is 0 Å². The molecule has 0 saturated carbocycles. The summed E-state index contributed by atoms with van der Waals surface area (Å²) in [5.74, 6) is -1.04. The van der Waals surface area contributed by atoms with Crippen molar-refractivity contribution in [1.29, 1.82) is 0 Å². The van der Waals surface area contributed by atoms with Crippen molar-refractivity contribution in [3.8, 4) is 0 Å². The van der Waals surface area contributed by atoms with E-state index in [1.54, 1.807) is 36.2 Å². The molecule has 0 bridgehead atoms. The Morgan fingerprint density at radius 2 is 2.00 bits per heavy atom. The third-order valence-corrected chi connectivity index (χ3v) is 10.6. The highest BCUT2D eigenvalue weighted by atomic mass is 35.5. The van der Waals surface area contributed by atoms with Crippen LogP contribution in [0.15, 0.2) is 42.5 Å². The van der Waals surface area contributed by atoms with Crippen molar-refractivity contribution in [3.05, 3.63) is 64.2 Å². The fourth-order valence-corrected chi connectivity index (χ4v) is 9.04. The number of fused-ring (bicyclic) bond motifs is 3. The molecule has 2 aromatic carbocycles. The predicted molar refractivity (Wildman–Crippen MR) is 134 cm³/mol. The van der Waals surface area contributed by atoms with E-state index in [1.807, 2.05) is 31.2 Å². The number of rotatable bonds is 4. The molecule has 2 aromatic rings. The Hall–Kier alpha value is -2.26. The van der Waals surface area contributed by atoms with Crippen LogP contribution < -0.4 is 5.32 Å². The number of aliphatic hydroxyl groups excluding tert-OH is 1. The van der Waals surface area contributed by atoms with E-state index in [4.69, 9.17) is 16.3 Å². The summed E-state index contributed by atoms with van der Waals surface area (Å²) in [5, 5.41) is 13.3. The van der Waals surface area contributed by atoms with Crippen LogP contribution in [0.2, 0.25) is 23.7 Å². The van der Waals surface area contributed by atoms with Gasteiger partial charge in [-0.1, -0.05) is 42.8 Å². The number of hydrogen-bond acceptors (Lipinski definition) is 4. The summed E-state index contributed by atoms with van der Waals surface area (Å²) in [6, 6.07) is 12.6. The van der Waals surface area contributed by atoms with E-state index in [0.717, 1.165) is 11.1 Å². The zero-order chi connectivity index (χ0) is 25.1. The molecule has 1 saturated heterocycles. The molecule has 1 fully saturated rings.